The summed E-state index contributed by atoms with van der Waals surface area (Å²) in [6, 6.07) is 4.41. The molecule has 0 aromatic carbocycles. The van der Waals surface area contributed by atoms with Crippen molar-refractivity contribution in [1.29, 1.82) is 0 Å². The summed E-state index contributed by atoms with van der Waals surface area (Å²) in [5.41, 5.74) is 1.16. The first kappa shape index (κ1) is 14.9. The van der Waals surface area contributed by atoms with Crippen LogP contribution >= 0.6 is 0 Å². The molecule has 1 aromatic rings. The van der Waals surface area contributed by atoms with E-state index in [-0.39, 0.29) is 6.10 Å². The van der Waals surface area contributed by atoms with E-state index in [0.29, 0.717) is 25.1 Å². The molecule has 0 aliphatic rings. The molecular formula is C14H24N2O2. The highest BCUT2D eigenvalue weighted by Crippen LogP contribution is 2.10. The van der Waals surface area contributed by atoms with Crippen LogP contribution in [0.2, 0.25) is 0 Å². The van der Waals surface area contributed by atoms with Crippen LogP contribution in [0.4, 0.5) is 0 Å². The Morgan fingerprint density at radius 2 is 2.06 bits per heavy atom. The Hall–Kier alpha value is -1.13. The highest BCUT2D eigenvalue weighted by atomic mass is 16.5. The van der Waals surface area contributed by atoms with Gasteiger partial charge in [0.1, 0.15) is 6.10 Å². The average molecular weight is 252 g/mol. The second-order valence-corrected chi connectivity index (χ2v) is 4.63. The van der Waals surface area contributed by atoms with Crippen molar-refractivity contribution in [2.75, 3.05) is 13.2 Å². The van der Waals surface area contributed by atoms with Crippen molar-refractivity contribution >= 4 is 0 Å². The minimum atomic E-state index is 0.0251. The lowest BCUT2D eigenvalue weighted by Gasteiger charge is -2.14. The number of hydrogen-bond donors (Lipinski definition) is 1. The van der Waals surface area contributed by atoms with Crippen molar-refractivity contribution in [3.63, 3.8) is 0 Å². The van der Waals surface area contributed by atoms with Gasteiger partial charge in [0.25, 0.3) is 0 Å². The lowest BCUT2D eigenvalue weighted by molar-refractivity contribution is 0.0633. The summed E-state index contributed by atoms with van der Waals surface area (Å²) in [5, 5.41) is 3.35. The van der Waals surface area contributed by atoms with Gasteiger partial charge in [-0.05, 0) is 19.4 Å². The summed E-state index contributed by atoms with van der Waals surface area (Å²) < 4.78 is 10.9. The van der Waals surface area contributed by atoms with Crippen LogP contribution in [0.15, 0.2) is 18.3 Å². The van der Waals surface area contributed by atoms with Gasteiger partial charge in [0, 0.05) is 31.5 Å². The summed E-state index contributed by atoms with van der Waals surface area (Å²) in [6.07, 6.45) is 1.87. The Morgan fingerprint density at radius 1 is 1.28 bits per heavy atom. The minimum Gasteiger partial charge on any atom is -0.472 e. The van der Waals surface area contributed by atoms with Gasteiger partial charge in [-0.3, -0.25) is 0 Å². The van der Waals surface area contributed by atoms with E-state index in [9.17, 15) is 0 Å². The van der Waals surface area contributed by atoms with Crippen LogP contribution in [0.3, 0.4) is 0 Å². The lowest BCUT2D eigenvalue weighted by Crippen LogP contribution is -2.22. The number of rotatable bonds is 8. The zero-order chi connectivity index (χ0) is 13.4. The fourth-order valence-electron chi connectivity index (χ4n) is 1.43. The second kappa shape index (κ2) is 8.06. The maximum absolute atomic E-state index is 5.64. The molecule has 102 valence electrons. The summed E-state index contributed by atoms with van der Waals surface area (Å²) in [4.78, 5) is 4.29. The van der Waals surface area contributed by atoms with E-state index in [4.69, 9.17) is 9.47 Å². The van der Waals surface area contributed by atoms with E-state index in [1.165, 1.54) is 0 Å². The predicted molar refractivity (Wildman–Crippen MR) is 72.8 cm³/mol. The van der Waals surface area contributed by atoms with Gasteiger partial charge in [-0.2, -0.15) is 0 Å². The maximum Gasteiger partial charge on any atom is 0.213 e. The third kappa shape index (κ3) is 5.98. The summed E-state index contributed by atoms with van der Waals surface area (Å²) in [7, 11) is 0. The molecule has 0 saturated heterocycles. The third-order valence-corrected chi connectivity index (χ3v) is 2.39. The van der Waals surface area contributed by atoms with Crippen LogP contribution < -0.4 is 10.1 Å². The molecular weight excluding hydrogens is 228 g/mol. The smallest absolute Gasteiger partial charge is 0.213 e. The third-order valence-electron chi connectivity index (χ3n) is 2.39. The standard InChI is InChI=1S/C14H24N2O2/c1-5-17-10-12(4)18-14-7-6-13(9-16-14)8-15-11(2)3/h6-7,9,11-12,15H,5,8,10H2,1-4H3. The normalized spacial score (nSPS) is 12.7. The van der Waals surface area contributed by atoms with E-state index >= 15 is 0 Å². The predicted octanol–water partition coefficient (Wildman–Crippen LogP) is 2.38. The molecule has 18 heavy (non-hydrogen) atoms. The van der Waals surface area contributed by atoms with Crippen LogP contribution in [0.5, 0.6) is 5.88 Å². The molecule has 4 nitrogen and oxygen atoms in total. The number of nitrogens with one attached hydrogen (secondary N) is 1. The van der Waals surface area contributed by atoms with E-state index in [1.807, 2.05) is 32.2 Å². The van der Waals surface area contributed by atoms with Gasteiger partial charge in [-0.1, -0.05) is 19.9 Å². The Balaban J connectivity index is 2.39. The van der Waals surface area contributed by atoms with Crippen molar-refractivity contribution in [2.24, 2.45) is 0 Å². The fraction of sp³-hybridized carbons (Fsp3) is 0.643. The van der Waals surface area contributed by atoms with Crippen LogP contribution in [-0.4, -0.2) is 30.3 Å². The second-order valence-electron chi connectivity index (χ2n) is 4.63. The molecule has 1 N–H and O–H groups in total. The first-order valence-corrected chi connectivity index (χ1v) is 6.54. The van der Waals surface area contributed by atoms with E-state index in [0.717, 1.165) is 12.1 Å². The van der Waals surface area contributed by atoms with E-state index in [1.54, 1.807) is 0 Å². The summed E-state index contributed by atoms with van der Waals surface area (Å²) in [6.45, 7) is 10.3. The van der Waals surface area contributed by atoms with E-state index < -0.39 is 0 Å². The Morgan fingerprint density at radius 3 is 2.61 bits per heavy atom. The molecule has 1 aromatic heterocycles. The first-order valence-electron chi connectivity index (χ1n) is 6.54. The summed E-state index contributed by atoms with van der Waals surface area (Å²) >= 11 is 0. The Labute approximate surface area is 110 Å². The van der Waals surface area contributed by atoms with Gasteiger partial charge < -0.3 is 14.8 Å². The number of aromatic nitrogens is 1. The molecule has 1 rings (SSSR count). The molecule has 0 aliphatic heterocycles. The van der Waals surface area contributed by atoms with Crippen LogP contribution in [0.1, 0.15) is 33.3 Å². The van der Waals surface area contributed by atoms with Gasteiger partial charge in [0.15, 0.2) is 0 Å². The molecule has 0 bridgehead atoms. The monoisotopic (exact) mass is 252 g/mol. The molecule has 0 amide bonds. The number of nitrogens with zero attached hydrogens (tertiary/aromatic N) is 1. The maximum atomic E-state index is 5.64. The zero-order valence-electron chi connectivity index (χ0n) is 11.8. The van der Waals surface area contributed by atoms with Gasteiger partial charge in [0.2, 0.25) is 5.88 Å². The number of hydrogen-bond acceptors (Lipinski definition) is 4. The largest absolute Gasteiger partial charge is 0.472 e. The topological polar surface area (TPSA) is 43.4 Å². The highest BCUT2D eigenvalue weighted by molar-refractivity contribution is 5.17. The van der Waals surface area contributed by atoms with Gasteiger partial charge in [-0.15, -0.1) is 0 Å². The van der Waals surface area contributed by atoms with Crippen molar-refractivity contribution in [1.82, 2.24) is 10.3 Å². The van der Waals surface area contributed by atoms with Crippen LogP contribution in [0.25, 0.3) is 0 Å². The minimum absolute atomic E-state index is 0.0251. The molecule has 0 radical (unpaired) electrons. The van der Waals surface area contributed by atoms with Crippen molar-refractivity contribution in [2.45, 2.75) is 46.4 Å². The quantitative estimate of drug-likeness (QED) is 0.771. The molecule has 0 spiro atoms. The molecule has 1 atom stereocenters. The fourth-order valence-corrected chi connectivity index (χ4v) is 1.43. The SMILES string of the molecule is CCOCC(C)Oc1ccc(CNC(C)C)cn1. The van der Waals surface area contributed by atoms with Crippen LogP contribution in [-0.2, 0) is 11.3 Å². The summed E-state index contributed by atoms with van der Waals surface area (Å²) in [5.74, 6) is 0.649. The lowest BCUT2D eigenvalue weighted by atomic mass is 10.2. The molecule has 1 unspecified atom stereocenters. The average Bonchev–Trinajstić information content (AvgIpc) is 2.35. The number of pyridine rings is 1. The molecule has 0 fully saturated rings. The van der Waals surface area contributed by atoms with Crippen molar-refractivity contribution in [3.05, 3.63) is 23.9 Å². The first-order chi connectivity index (χ1) is 8.61. The zero-order valence-corrected chi connectivity index (χ0v) is 11.8. The highest BCUT2D eigenvalue weighted by Gasteiger charge is 2.05. The van der Waals surface area contributed by atoms with E-state index in [2.05, 4.69) is 24.1 Å². The van der Waals surface area contributed by atoms with Gasteiger partial charge in [0.05, 0.1) is 6.61 Å². The Bertz CT molecular complexity index is 325. The molecule has 0 aliphatic carbocycles. The number of ether oxygens (including phenoxy) is 2. The Kier molecular flexibility index (Phi) is 6.68. The molecule has 1 heterocycles. The van der Waals surface area contributed by atoms with Crippen LogP contribution in [0, 0.1) is 0 Å². The van der Waals surface area contributed by atoms with Crippen molar-refractivity contribution in [3.8, 4) is 5.88 Å². The van der Waals surface area contributed by atoms with Gasteiger partial charge >= 0.3 is 0 Å². The molecule has 0 saturated carbocycles. The molecule has 4 heteroatoms. The van der Waals surface area contributed by atoms with Gasteiger partial charge in [-0.25, -0.2) is 4.98 Å². The van der Waals surface area contributed by atoms with Crippen molar-refractivity contribution < 1.29 is 9.47 Å².